The summed E-state index contributed by atoms with van der Waals surface area (Å²) in [6, 6.07) is 11.6. The average Bonchev–Trinajstić information content (AvgIpc) is 2.74. The summed E-state index contributed by atoms with van der Waals surface area (Å²) in [5.41, 5.74) is 1.44. The van der Waals surface area contributed by atoms with Crippen LogP contribution >= 0.6 is 0 Å². The predicted molar refractivity (Wildman–Crippen MR) is 77.6 cm³/mol. The second-order valence-electron chi connectivity index (χ2n) is 5.76. The van der Waals surface area contributed by atoms with E-state index < -0.39 is 0 Å². The van der Waals surface area contributed by atoms with Crippen molar-refractivity contribution in [3.8, 4) is 0 Å². The van der Waals surface area contributed by atoms with Crippen molar-refractivity contribution in [1.82, 2.24) is 9.80 Å². The summed E-state index contributed by atoms with van der Waals surface area (Å²) < 4.78 is 0. The van der Waals surface area contributed by atoms with Gasteiger partial charge in [0.25, 0.3) is 0 Å². The highest BCUT2D eigenvalue weighted by Gasteiger charge is 2.33. The SMILES string of the molecule is CCC[C@@H]1CN(Cc2ccccc2)C[C@H]1N(C)C. The smallest absolute Gasteiger partial charge is 0.0257 e. The molecule has 1 aliphatic rings. The van der Waals surface area contributed by atoms with Crippen molar-refractivity contribution in [2.45, 2.75) is 32.4 Å². The highest BCUT2D eigenvalue weighted by molar-refractivity contribution is 5.14. The van der Waals surface area contributed by atoms with Gasteiger partial charge in [-0.05, 0) is 32.0 Å². The zero-order chi connectivity index (χ0) is 13.0. The van der Waals surface area contributed by atoms with Crippen molar-refractivity contribution in [3.05, 3.63) is 35.9 Å². The number of rotatable bonds is 5. The lowest BCUT2D eigenvalue weighted by molar-refractivity contribution is 0.239. The molecule has 0 bridgehead atoms. The van der Waals surface area contributed by atoms with E-state index in [4.69, 9.17) is 0 Å². The third-order valence-corrected chi connectivity index (χ3v) is 4.05. The lowest BCUT2D eigenvalue weighted by Gasteiger charge is -2.24. The lowest BCUT2D eigenvalue weighted by atomic mass is 9.98. The molecule has 0 unspecified atom stereocenters. The van der Waals surface area contributed by atoms with Gasteiger partial charge >= 0.3 is 0 Å². The number of hydrogen-bond acceptors (Lipinski definition) is 2. The van der Waals surface area contributed by atoms with Crippen LogP contribution in [0.4, 0.5) is 0 Å². The van der Waals surface area contributed by atoms with Gasteiger partial charge in [-0.1, -0.05) is 43.7 Å². The minimum absolute atomic E-state index is 0.730. The molecule has 2 heteroatoms. The summed E-state index contributed by atoms with van der Waals surface area (Å²) in [6.07, 6.45) is 2.66. The summed E-state index contributed by atoms with van der Waals surface area (Å²) >= 11 is 0. The second-order valence-corrected chi connectivity index (χ2v) is 5.76. The monoisotopic (exact) mass is 246 g/mol. The van der Waals surface area contributed by atoms with E-state index in [9.17, 15) is 0 Å². The molecule has 0 N–H and O–H groups in total. The van der Waals surface area contributed by atoms with Gasteiger partial charge in [0, 0.05) is 25.7 Å². The molecule has 2 atom stereocenters. The van der Waals surface area contributed by atoms with Crippen LogP contribution in [0.5, 0.6) is 0 Å². The van der Waals surface area contributed by atoms with Crippen molar-refractivity contribution < 1.29 is 0 Å². The van der Waals surface area contributed by atoms with Crippen molar-refractivity contribution in [3.63, 3.8) is 0 Å². The minimum atomic E-state index is 0.730. The van der Waals surface area contributed by atoms with Crippen LogP contribution in [0.25, 0.3) is 0 Å². The fourth-order valence-electron chi connectivity index (χ4n) is 3.15. The van der Waals surface area contributed by atoms with Gasteiger partial charge < -0.3 is 4.90 Å². The Labute approximate surface area is 112 Å². The van der Waals surface area contributed by atoms with E-state index in [1.807, 2.05) is 0 Å². The fourth-order valence-corrected chi connectivity index (χ4v) is 3.15. The molecule has 2 rings (SSSR count). The van der Waals surface area contributed by atoms with Crippen LogP contribution in [-0.2, 0) is 6.54 Å². The van der Waals surface area contributed by atoms with Crippen molar-refractivity contribution in [2.24, 2.45) is 5.92 Å². The standard InChI is InChI=1S/C16H26N2/c1-4-8-15-12-18(13-16(15)17(2)3)11-14-9-6-5-7-10-14/h5-7,9-10,15-16H,4,8,11-13H2,1-3H3/t15-,16-/m1/s1. The lowest BCUT2D eigenvalue weighted by Crippen LogP contribution is -2.35. The molecule has 1 aliphatic heterocycles. The van der Waals surface area contributed by atoms with Crippen LogP contribution in [0.15, 0.2) is 30.3 Å². The molecule has 2 nitrogen and oxygen atoms in total. The molecule has 1 heterocycles. The van der Waals surface area contributed by atoms with E-state index in [1.54, 1.807) is 0 Å². The van der Waals surface area contributed by atoms with Crippen molar-refractivity contribution in [2.75, 3.05) is 27.2 Å². The summed E-state index contributed by atoms with van der Waals surface area (Å²) in [4.78, 5) is 5.02. The van der Waals surface area contributed by atoms with Gasteiger partial charge in [0.2, 0.25) is 0 Å². The van der Waals surface area contributed by atoms with E-state index in [0.29, 0.717) is 0 Å². The maximum absolute atomic E-state index is 2.61. The molecule has 0 aliphatic carbocycles. The minimum Gasteiger partial charge on any atom is -0.305 e. The first kappa shape index (κ1) is 13.6. The fraction of sp³-hybridized carbons (Fsp3) is 0.625. The van der Waals surface area contributed by atoms with Gasteiger partial charge in [0.05, 0.1) is 0 Å². The first-order valence-electron chi connectivity index (χ1n) is 7.13. The first-order valence-corrected chi connectivity index (χ1v) is 7.13. The second kappa shape index (κ2) is 6.35. The summed E-state index contributed by atoms with van der Waals surface area (Å²) in [5.74, 6) is 0.841. The first-order chi connectivity index (χ1) is 8.70. The molecule has 1 aromatic rings. The number of nitrogens with zero attached hydrogens (tertiary/aromatic N) is 2. The van der Waals surface area contributed by atoms with Crippen LogP contribution in [0.2, 0.25) is 0 Å². The quantitative estimate of drug-likeness (QED) is 0.788. The number of likely N-dealkylation sites (tertiary alicyclic amines) is 1. The predicted octanol–water partition coefficient (Wildman–Crippen LogP) is 2.85. The van der Waals surface area contributed by atoms with Crippen LogP contribution in [0.1, 0.15) is 25.3 Å². The normalized spacial score (nSPS) is 24.9. The average molecular weight is 246 g/mol. The summed E-state index contributed by atoms with van der Waals surface area (Å²) in [7, 11) is 4.44. The van der Waals surface area contributed by atoms with E-state index in [1.165, 1.54) is 31.5 Å². The number of benzene rings is 1. The maximum Gasteiger partial charge on any atom is 0.0257 e. The molecule has 0 amide bonds. The van der Waals surface area contributed by atoms with Crippen LogP contribution in [-0.4, -0.2) is 43.0 Å². The number of likely N-dealkylation sites (N-methyl/N-ethyl adjacent to an activating group) is 1. The van der Waals surface area contributed by atoms with Crippen molar-refractivity contribution in [1.29, 1.82) is 0 Å². The Morgan fingerprint density at radius 3 is 2.50 bits per heavy atom. The Hall–Kier alpha value is -0.860. The Kier molecular flexibility index (Phi) is 4.79. The molecule has 1 saturated heterocycles. The van der Waals surface area contributed by atoms with Gasteiger partial charge in [-0.25, -0.2) is 0 Å². The van der Waals surface area contributed by atoms with Gasteiger partial charge in [0.1, 0.15) is 0 Å². The van der Waals surface area contributed by atoms with E-state index in [-0.39, 0.29) is 0 Å². The molecule has 100 valence electrons. The molecule has 0 saturated carbocycles. The third kappa shape index (κ3) is 3.33. The zero-order valence-corrected chi connectivity index (χ0v) is 12.0. The van der Waals surface area contributed by atoms with Gasteiger partial charge in [-0.15, -0.1) is 0 Å². The molecular weight excluding hydrogens is 220 g/mol. The van der Waals surface area contributed by atoms with Crippen LogP contribution < -0.4 is 0 Å². The number of hydrogen-bond donors (Lipinski definition) is 0. The Morgan fingerprint density at radius 1 is 1.17 bits per heavy atom. The summed E-state index contributed by atoms with van der Waals surface area (Å²) in [6.45, 7) is 5.87. The maximum atomic E-state index is 2.61. The molecule has 18 heavy (non-hydrogen) atoms. The Bertz CT molecular complexity index is 347. The molecule has 1 aromatic carbocycles. The van der Waals surface area contributed by atoms with Crippen LogP contribution in [0, 0.1) is 5.92 Å². The molecule has 1 fully saturated rings. The Balaban J connectivity index is 1.96. The highest BCUT2D eigenvalue weighted by atomic mass is 15.2. The molecule has 0 radical (unpaired) electrons. The zero-order valence-electron chi connectivity index (χ0n) is 12.0. The van der Waals surface area contributed by atoms with Gasteiger partial charge in [-0.2, -0.15) is 0 Å². The van der Waals surface area contributed by atoms with E-state index in [2.05, 4.69) is 61.2 Å². The molecule has 0 aromatic heterocycles. The molecule has 0 spiro atoms. The van der Waals surface area contributed by atoms with Gasteiger partial charge in [0.15, 0.2) is 0 Å². The van der Waals surface area contributed by atoms with Crippen LogP contribution in [0.3, 0.4) is 0 Å². The van der Waals surface area contributed by atoms with Gasteiger partial charge in [-0.3, -0.25) is 4.90 Å². The highest BCUT2D eigenvalue weighted by Crippen LogP contribution is 2.25. The largest absolute Gasteiger partial charge is 0.305 e. The summed E-state index contributed by atoms with van der Waals surface area (Å²) in [5, 5.41) is 0. The molecular formula is C16H26N2. The Morgan fingerprint density at radius 2 is 1.89 bits per heavy atom. The third-order valence-electron chi connectivity index (χ3n) is 4.05. The van der Waals surface area contributed by atoms with Crippen molar-refractivity contribution >= 4 is 0 Å². The van der Waals surface area contributed by atoms with E-state index in [0.717, 1.165) is 18.5 Å². The topological polar surface area (TPSA) is 6.48 Å². The van der Waals surface area contributed by atoms with E-state index >= 15 is 0 Å².